The Morgan fingerprint density at radius 1 is 0.875 bits per heavy atom. The molecule has 2 rings (SSSR count). The number of halogens is 1. The molecule has 0 saturated heterocycles. The average molecular weight is 246 g/mol. The molecule has 1 atom stereocenters. The Bertz CT molecular complexity index is 502. The molecule has 0 spiro atoms. The van der Waals surface area contributed by atoms with E-state index >= 15 is 0 Å². The van der Waals surface area contributed by atoms with E-state index in [0.29, 0.717) is 5.56 Å². The molecule has 0 N–H and O–H groups in total. The highest BCUT2D eigenvalue weighted by molar-refractivity contribution is 7.95. The Hall–Kier alpha value is -1.35. The first-order valence-corrected chi connectivity index (χ1v) is 7.07. The molecule has 78 valence electrons. The molecule has 0 aromatic heterocycles. The van der Waals surface area contributed by atoms with E-state index < -0.39 is 7.27 Å². The Kier molecular flexibility index (Phi) is 3.57. The minimum atomic E-state index is -0.825. The SMILES string of the molecule is N#Cc1ccc(P(Cl)c2ccccc2)cc1. The maximum atomic E-state index is 8.71. The molecule has 2 aromatic carbocycles. The first-order chi connectivity index (χ1) is 7.81. The summed E-state index contributed by atoms with van der Waals surface area (Å²) in [7, 11) is -0.825. The van der Waals surface area contributed by atoms with E-state index in [1.807, 2.05) is 42.5 Å². The van der Waals surface area contributed by atoms with Gasteiger partial charge in [-0.15, -0.1) is 0 Å². The highest BCUT2D eigenvalue weighted by Crippen LogP contribution is 2.38. The van der Waals surface area contributed by atoms with Crippen LogP contribution < -0.4 is 10.6 Å². The van der Waals surface area contributed by atoms with Crippen LogP contribution in [0.15, 0.2) is 54.6 Å². The lowest BCUT2D eigenvalue weighted by Gasteiger charge is -2.09. The second kappa shape index (κ2) is 5.12. The predicted octanol–water partition coefficient (Wildman–Crippen LogP) is 3.14. The maximum Gasteiger partial charge on any atom is 0.0991 e. The first kappa shape index (κ1) is 11.1. The van der Waals surface area contributed by atoms with E-state index in [4.69, 9.17) is 16.5 Å². The van der Waals surface area contributed by atoms with Gasteiger partial charge in [-0.3, -0.25) is 0 Å². The largest absolute Gasteiger partial charge is 0.192 e. The standard InChI is InChI=1S/C13H9ClNP/c14-16(12-4-2-1-3-5-12)13-8-6-11(10-15)7-9-13/h1-9H. The van der Waals surface area contributed by atoms with Crippen LogP contribution in [0.1, 0.15) is 5.56 Å². The van der Waals surface area contributed by atoms with Crippen LogP contribution in [0.3, 0.4) is 0 Å². The zero-order chi connectivity index (χ0) is 11.4. The zero-order valence-corrected chi connectivity index (χ0v) is 10.1. The van der Waals surface area contributed by atoms with Gasteiger partial charge in [0, 0.05) is 0 Å². The summed E-state index contributed by atoms with van der Waals surface area (Å²) in [6, 6.07) is 19.5. The van der Waals surface area contributed by atoms with Crippen molar-refractivity contribution in [1.82, 2.24) is 0 Å². The molecular weight excluding hydrogens is 237 g/mol. The number of benzene rings is 2. The number of rotatable bonds is 2. The minimum absolute atomic E-state index is 0.664. The van der Waals surface area contributed by atoms with Crippen LogP contribution in [0.25, 0.3) is 0 Å². The minimum Gasteiger partial charge on any atom is -0.192 e. The Morgan fingerprint density at radius 3 is 2.00 bits per heavy atom. The number of hydrogen-bond acceptors (Lipinski definition) is 1. The van der Waals surface area contributed by atoms with Gasteiger partial charge in [0.15, 0.2) is 0 Å². The van der Waals surface area contributed by atoms with Crippen molar-refractivity contribution in [2.45, 2.75) is 0 Å². The van der Waals surface area contributed by atoms with E-state index in [-0.39, 0.29) is 0 Å². The van der Waals surface area contributed by atoms with Crippen molar-refractivity contribution < 1.29 is 0 Å². The molecule has 0 amide bonds. The first-order valence-electron chi connectivity index (χ1n) is 4.82. The quantitative estimate of drug-likeness (QED) is 0.746. The third kappa shape index (κ3) is 2.42. The third-order valence-corrected chi connectivity index (χ3v) is 4.88. The summed E-state index contributed by atoms with van der Waals surface area (Å²) < 4.78 is 0. The Balaban J connectivity index is 2.28. The molecule has 0 aliphatic heterocycles. The summed E-state index contributed by atoms with van der Waals surface area (Å²) in [5.74, 6) is 0. The topological polar surface area (TPSA) is 23.8 Å². The van der Waals surface area contributed by atoms with Crippen molar-refractivity contribution in [2.24, 2.45) is 0 Å². The van der Waals surface area contributed by atoms with Gasteiger partial charge in [-0.1, -0.05) is 53.7 Å². The fourth-order valence-electron chi connectivity index (χ4n) is 1.37. The van der Waals surface area contributed by atoms with Crippen LogP contribution in [-0.4, -0.2) is 0 Å². The Labute approximate surface area is 101 Å². The van der Waals surface area contributed by atoms with E-state index in [9.17, 15) is 0 Å². The summed E-state index contributed by atoms with van der Waals surface area (Å²) in [5, 5.41) is 10.9. The molecule has 0 heterocycles. The number of nitriles is 1. The van der Waals surface area contributed by atoms with Crippen LogP contribution in [0.2, 0.25) is 0 Å². The van der Waals surface area contributed by atoms with Gasteiger partial charge in [-0.05, 0) is 22.7 Å². The van der Waals surface area contributed by atoms with Crippen molar-refractivity contribution in [3.8, 4) is 6.07 Å². The van der Waals surface area contributed by atoms with E-state index in [1.54, 1.807) is 12.1 Å². The molecule has 1 unspecified atom stereocenters. The van der Waals surface area contributed by atoms with E-state index in [2.05, 4.69) is 6.07 Å². The van der Waals surface area contributed by atoms with Gasteiger partial charge >= 0.3 is 0 Å². The molecule has 0 saturated carbocycles. The molecule has 16 heavy (non-hydrogen) atoms. The van der Waals surface area contributed by atoms with Gasteiger partial charge < -0.3 is 0 Å². The second-order valence-electron chi connectivity index (χ2n) is 3.28. The summed E-state index contributed by atoms with van der Waals surface area (Å²) in [6.45, 7) is 0. The van der Waals surface area contributed by atoms with E-state index in [0.717, 1.165) is 10.6 Å². The molecule has 3 heteroatoms. The number of hydrogen-bond donors (Lipinski definition) is 0. The van der Waals surface area contributed by atoms with Crippen LogP contribution in [-0.2, 0) is 0 Å². The van der Waals surface area contributed by atoms with Crippen molar-refractivity contribution >= 4 is 29.1 Å². The van der Waals surface area contributed by atoms with Gasteiger partial charge in [0.2, 0.25) is 0 Å². The fraction of sp³-hybridized carbons (Fsp3) is 0. The van der Waals surface area contributed by atoms with Crippen LogP contribution in [0, 0.1) is 11.3 Å². The van der Waals surface area contributed by atoms with Crippen LogP contribution in [0.4, 0.5) is 0 Å². The van der Waals surface area contributed by atoms with E-state index in [1.165, 1.54) is 0 Å². The van der Waals surface area contributed by atoms with Crippen LogP contribution >= 0.6 is 18.5 Å². The lowest BCUT2D eigenvalue weighted by Crippen LogP contribution is -2.07. The second-order valence-corrected chi connectivity index (χ2v) is 5.88. The Morgan fingerprint density at radius 2 is 1.44 bits per heavy atom. The molecule has 1 nitrogen and oxygen atoms in total. The van der Waals surface area contributed by atoms with Gasteiger partial charge in [0.05, 0.1) is 18.9 Å². The molecular formula is C13H9ClNP. The lowest BCUT2D eigenvalue weighted by atomic mass is 10.2. The van der Waals surface area contributed by atoms with Crippen molar-refractivity contribution in [1.29, 1.82) is 5.26 Å². The predicted molar refractivity (Wildman–Crippen MR) is 69.6 cm³/mol. The molecule has 2 aromatic rings. The van der Waals surface area contributed by atoms with Gasteiger partial charge in [-0.2, -0.15) is 5.26 Å². The number of nitrogens with zero attached hydrogens (tertiary/aromatic N) is 1. The highest BCUT2D eigenvalue weighted by Gasteiger charge is 2.09. The summed E-state index contributed by atoms with van der Waals surface area (Å²) in [6.07, 6.45) is 0. The summed E-state index contributed by atoms with van der Waals surface area (Å²) in [4.78, 5) is 0. The molecule has 0 radical (unpaired) electrons. The van der Waals surface area contributed by atoms with Crippen molar-refractivity contribution in [2.75, 3.05) is 0 Å². The normalized spacial score (nSPS) is 11.8. The lowest BCUT2D eigenvalue weighted by molar-refractivity contribution is 1.49. The van der Waals surface area contributed by atoms with Gasteiger partial charge in [-0.25, -0.2) is 0 Å². The monoisotopic (exact) mass is 245 g/mol. The summed E-state index contributed by atoms with van der Waals surface area (Å²) >= 11 is 6.41. The smallest absolute Gasteiger partial charge is 0.0991 e. The van der Waals surface area contributed by atoms with Gasteiger partial charge in [0.25, 0.3) is 0 Å². The average Bonchev–Trinajstić information content (AvgIpc) is 2.39. The van der Waals surface area contributed by atoms with Crippen molar-refractivity contribution in [3.63, 3.8) is 0 Å². The molecule has 0 aliphatic carbocycles. The van der Waals surface area contributed by atoms with Gasteiger partial charge in [0.1, 0.15) is 0 Å². The van der Waals surface area contributed by atoms with Crippen molar-refractivity contribution in [3.05, 3.63) is 60.2 Å². The summed E-state index contributed by atoms with van der Waals surface area (Å²) in [5.41, 5.74) is 0.664. The third-order valence-electron chi connectivity index (χ3n) is 2.21. The highest BCUT2D eigenvalue weighted by atomic mass is 35.7. The van der Waals surface area contributed by atoms with Crippen LogP contribution in [0.5, 0.6) is 0 Å². The zero-order valence-electron chi connectivity index (χ0n) is 8.47. The molecule has 0 bridgehead atoms. The maximum absolute atomic E-state index is 8.71. The molecule has 0 fully saturated rings. The molecule has 0 aliphatic rings. The fourth-order valence-corrected chi connectivity index (χ4v) is 3.19.